The third-order valence-corrected chi connectivity index (χ3v) is 6.35. The van der Waals surface area contributed by atoms with Gasteiger partial charge >= 0.3 is 0 Å². The van der Waals surface area contributed by atoms with E-state index in [4.69, 9.17) is 4.98 Å². The van der Waals surface area contributed by atoms with Gasteiger partial charge in [-0.3, -0.25) is 4.98 Å². The summed E-state index contributed by atoms with van der Waals surface area (Å²) in [4.78, 5) is 9.23. The normalized spacial score (nSPS) is 13.3. The molecule has 2 aromatic heterocycles. The first-order valence-corrected chi connectivity index (χ1v) is 11.9. The third-order valence-electron chi connectivity index (χ3n) is 6.35. The van der Waals surface area contributed by atoms with E-state index in [9.17, 15) is 0 Å². The first-order valence-electron chi connectivity index (χ1n) is 11.9. The summed E-state index contributed by atoms with van der Waals surface area (Å²) < 4.78 is 2.34. The van der Waals surface area contributed by atoms with E-state index in [1.54, 1.807) is 0 Å². The molecule has 0 saturated carbocycles. The summed E-state index contributed by atoms with van der Waals surface area (Å²) in [6.07, 6.45) is 4.20. The molecule has 0 fully saturated rings. The van der Waals surface area contributed by atoms with Gasteiger partial charge < -0.3 is 9.55 Å². The number of rotatable bonds is 2. The fraction of sp³-hybridized carbons (Fsp3) is 0.188. The second kappa shape index (κ2) is 10.3. The molecule has 0 N–H and O–H groups in total. The van der Waals surface area contributed by atoms with Gasteiger partial charge in [0.25, 0.3) is 0 Å². The van der Waals surface area contributed by atoms with Crippen LogP contribution >= 0.6 is 0 Å². The monoisotopic (exact) mass is 648 g/mol. The zero-order valence-corrected chi connectivity index (χ0v) is 23.7. The maximum atomic E-state index is 4.88. The number of aromatic nitrogens is 3. The van der Waals surface area contributed by atoms with Crippen LogP contribution in [-0.4, -0.2) is 14.5 Å². The van der Waals surface area contributed by atoms with Gasteiger partial charge in [0.2, 0.25) is 0 Å². The number of para-hydroxylation sites is 1. The minimum absolute atomic E-state index is 0. The van der Waals surface area contributed by atoms with Crippen LogP contribution in [0.3, 0.4) is 0 Å². The molecule has 5 aromatic rings. The van der Waals surface area contributed by atoms with Crippen LogP contribution in [0.1, 0.15) is 37.5 Å². The van der Waals surface area contributed by atoms with Crippen molar-refractivity contribution in [3.05, 3.63) is 114 Å². The molecule has 3 nitrogen and oxygen atoms in total. The Bertz CT molecular complexity index is 1470. The van der Waals surface area contributed by atoms with Crippen molar-refractivity contribution >= 4 is 16.6 Å². The van der Waals surface area contributed by atoms with E-state index in [2.05, 4.69) is 91.9 Å². The molecular formula is C32H29IrN3-2. The van der Waals surface area contributed by atoms with Crippen molar-refractivity contribution in [3.63, 3.8) is 0 Å². The van der Waals surface area contributed by atoms with Crippen LogP contribution in [-0.2, 0) is 25.6 Å². The molecular weight excluding hydrogens is 619 g/mol. The first kappa shape index (κ1) is 25.8. The molecule has 0 aliphatic carbocycles. The predicted octanol–water partition coefficient (Wildman–Crippen LogP) is 7.82. The fourth-order valence-corrected chi connectivity index (χ4v) is 4.68. The summed E-state index contributed by atoms with van der Waals surface area (Å²) in [5, 5.41) is 0. The van der Waals surface area contributed by atoms with Crippen molar-refractivity contribution in [1.82, 2.24) is 14.5 Å². The minimum atomic E-state index is -0.0911. The van der Waals surface area contributed by atoms with Crippen LogP contribution in [0.4, 0.5) is 0 Å². The van der Waals surface area contributed by atoms with Gasteiger partial charge in [-0.25, -0.2) is 0 Å². The number of aryl methyl sites for hydroxylation is 2. The second-order valence-corrected chi connectivity index (χ2v) is 9.70. The minimum Gasteiger partial charge on any atom is -0.355 e. The van der Waals surface area contributed by atoms with E-state index in [0.717, 1.165) is 28.2 Å². The van der Waals surface area contributed by atoms with E-state index in [-0.39, 0.29) is 25.6 Å². The van der Waals surface area contributed by atoms with Gasteiger partial charge in [-0.15, -0.1) is 71.3 Å². The molecule has 3 heterocycles. The summed E-state index contributed by atoms with van der Waals surface area (Å²) in [5.41, 5.74) is 10.3. The van der Waals surface area contributed by atoms with E-state index in [1.807, 2.05) is 49.5 Å². The summed E-state index contributed by atoms with van der Waals surface area (Å²) in [7, 11) is 0. The predicted molar refractivity (Wildman–Crippen MR) is 145 cm³/mol. The molecule has 183 valence electrons. The average Bonchev–Trinajstić information content (AvgIpc) is 3.26. The largest absolute Gasteiger partial charge is 0.355 e. The molecule has 0 unspecified atom stereocenters. The molecule has 0 bridgehead atoms. The molecule has 1 aliphatic rings. The van der Waals surface area contributed by atoms with Crippen LogP contribution in [0, 0.1) is 26.0 Å². The molecule has 1 radical (unpaired) electrons. The molecule has 36 heavy (non-hydrogen) atoms. The van der Waals surface area contributed by atoms with Gasteiger partial charge in [0.1, 0.15) is 0 Å². The number of nitrogens with zero attached hydrogens (tertiary/aromatic N) is 3. The number of imidazole rings is 1. The standard InChI is InChI=1S/C19H17N2.C13H12N.Ir/c1-13-12-19(2,3)21-17-15(13)10-7-11-16(17)20-18(21)14-8-5-4-6-9-14;1-10-3-6-12(7-4-10)13-8-5-11(2)9-14-13;/h4-8,10-12H,1-3H3;3-6,8-9H,1-2H3;/q2*-1;. The quantitative estimate of drug-likeness (QED) is 0.183. The Morgan fingerprint density at radius 1 is 0.806 bits per heavy atom. The molecule has 0 atom stereocenters. The van der Waals surface area contributed by atoms with E-state index >= 15 is 0 Å². The molecule has 0 saturated heterocycles. The Morgan fingerprint density at radius 3 is 2.28 bits per heavy atom. The first-order chi connectivity index (χ1) is 16.8. The van der Waals surface area contributed by atoms with Crippen LogP contribution in [0.15, 0.2) is 85.1 Å². The molecule has 6 rings (SSSR count). The summed E-state index contributed by atoms with van der Waals surface area (Å²) in [6, 6.07) is 31.1. The van der Waals surface area contributed by atoms with Crippen LogP contribution in [0.5, 0.6) is 0 Å². The Balaban J connectivity index is 0.000000178. The Morgan fingerprint density at radius 2 is 1.61 bits per heavy atom. The summed E-state index contributed by atoms with van der Waals surface area (Å²) in [6.45, 7) is 10.7. The number of benzene rings is 3. The van der Waals surface area contributed by atoms with Crippen molar-refractivity contribution in [3.8, 4) is 22.6 Å². The van der Waals surface area contributed by atoms with Gasteiger partial charge in [-0.2, -0.15) is 0 Å². The Labute approximate surface area is 227 Å². The van der Waals surface area contributed by atoms with Crippen molar-refractivity contribution in [2.24, 2.45) is 0 Å². The van der Waals surface area contributed by atoms with Gasteiger partial charge in [-0.05, 0) is 50.6 Å². The molecule has 0 spiro atoms. The van der Waals surface area contributed by atoms with Crippen LogP contribution < -0.4 is 0 Å². The fourth-order valence-electron chi connectivity index (χ4n) is 4.68. The van der Waals surface area contributed by atoms with Crippen LogP contribution in [0.2, 0.25) is 0 Å². The smallest absolute Gasteiger partial charge is 0.0777 e. The van der Waals surface area contributed by atoms with E-state index in [0.29, 0.717) is 0 Å². The van der Waals surface area contributed by atoms with Crippen LogP contribution in [0.25, 0.3) is 39.3 Å². The number of allylic oxidation sites excluding steroid dienone is 2. The zero-order chi connectivity index (χ0) is 24.6. The van der Waals surface area contributed by atoms with Gasteiger partial charge in [-0.1, -0.05) is 37.3 Å². The molecule has 0 amide bonds. The van der Waals surface area contributed by atoms with Crippen molar-refractivity contribution in [2.45, 2.75) is 40.2 Å². The van der Waals surface area contributed by atoms with Gasteiger partial charge in [0.05, 0.1) is 22.4 Å². The van der Waals surface area contributed by atoms with Gasteiger partial charge in [0.15, 0.2) is 0 Å². The number of hydrogen-bond acceptors (Lipinski definition) is 2. The van der Waals surface area contributed by atoms with E-state index in [1.165, 1.54) is 27.8 Å². The average molecular weight is 648 g/mol. The van der Waals surface area contributed by atoms with Gasteiger partial charge in [0, 0.05) is 31.9 Å². The SMILES string of the molecule is CC1=CC(C)(C)n2c(-c3[c-]cccc3)nc3cccc1c32.Cc1c[c-]c(-c2ccc(C)cn2)cc1.[Ir]. The maximum Gasteiger partial charge on any atom is 0.0777 e. The van der Waals surface area contributed by atoms with E-state index < -0.39 is 0 Å². The Hall–Kier alpha value is -3.33. The number of hydrogen-bond donors (Lipinski definition) is 0. The summed E-state index contributed by atoms with van der Waals surface area (Å²) in [5.74, 6) is 0.992. The maximum absolute atomic E-state index is 4.88. The second-order valence-electron chi connectivity index (χ2n) is 9.70. The van der Waals surface area contributed by atoms with Crippen molar-refractivity contribution < 1.29 is 20.1 Å². The third kappa shape index (κ3) is 4.97. The number of pyridine rings is 1. The zero-order valence-electron chi connectivity index (χ0n) is 21.3. The summed E-state index contributed by atoms with van der Waals surface area (Å²) >= 11 is 0. The Kier molecular flexibility index (Phi) is 7.40. The molecule has 4 heteroatoms. The topological polar surface area (TPSA) is 30.7 Å². The van der Waals surface area contributed by atoms with Crippen molar-refractivity contribution in [2.75, 3.05) is 0 Å². The molecule has 3 aromatic carbocycles. The molecule has 1 aliphatic heterocycles. The van der Waals surface area contributed by atoms with Crippen molar-refractivity contribution in [1.29, 1.82) is 0 Å².